The van der Waals surface area contributed by atoms with Crippen molar-refractivity contribution in [2.45, 2.75) is 78.4 Å². The molecule has 1 unspecified atom stereocenters. The minimum atomic E-state index is -0.516. The van der Waals surface area contributed by atoms with E-state index in [1.54, 1.807) is 7.05 Å². The predicted molar refractivity (Wildman–Crippen MR) is 117 cm³/mol. The van der Waals surface area contributed by atoms with Crippen LogP contribution in [0.1, 0.15) is 66.7 Å². The van der Waals surface area contributed by atoms with Gasteiger partial charge in [-0.1, -0.05) is 13.3 Å². The maximum Gasteiger partial charge on any atom is 0.407 e. The first-order chi connectivity index (χ1) is 13.7. The lowest BCUT2D eigenvalue weighted by atomic mass is 9.93. The van der Waals surface area contributed by atoms with Gasteiger partial charge in [-0.05, 0) is 52.9 Å². The number of alkyl carbamates (subject to hydrolysis) is 1. The van der Waals surface area contributed by atoms with Gasteiger partial charge in [-0.15, -0.1) is 0 Å². The minimum Gasteiger partial charge on any atom is -0.444 e. The number of aliphatic imine (C=N–C) groups is 1. The van der Waals surface area contributed by atoms with Crippen molar-refractivity contribution in [3.63, 3.8) is 0 Å². The van der Waals surface area contributed by atoms with E-state index in [-0.39, 0.29) is 11.9 Å². The molecule has 2 amide bonds. The van der Waals surface area contributed by atoms with Crippen LogP contribution in [0.3, 0.4) is 0 Å². The third kappa shape index (κ3) is 10.4. The second-order valence-electron chi connectivity index (χ2n) is 8.63. The number of amides is 2. The zero-order valence-corrected chi connectivity index (χ0v) is 19.1. The van der Waals surface area contributed by atoms with Crippen LogP contribution in [0.2, 0.25) is 0 Å². The molecular weight excluding hydrogens is 370 g/mol. The van der Waals surface area contributed by atoms with Crippen LogP contribution >= 0.6 is 0 Å². The number of carbonyl (C=O) groups is 2. The van der Waals surface area contributed by atoms with Crippen LogP contribution in [-0.2, 0) is 9.53 Å². The number of hydrogen-bond donors (Lipinski definition) is 3. The normalized spacial score (nSPS) is 16.9. The first-order valence-corrected chi connectivity index (χ1v) is 10.9. The van der Waals surface area contributed by atoms with E-state index in [4.69, 9.17) is 9.73 Å². The monoisotopic (exact) mass is 411 g/mol. The van der Waals surface area contributed by atoms with Crippen LogP contribution in [-0.4, -0.2) is 67.7 Å². The van der Waals surface area contributed by atoms with Crippen molar-refractivity contribution >= 4 is 18.0 Å². The van der Waals surface area contributed by atoms with Crippen LogP contribution in [0.15, 0.2) is 4.99 Å². The fourth-order valence-corrected chi connectivity index (χ4v) is 3.37. The molecule has 0 radical (unpaired) electrons. The van der Waals surface area contributed by atoms with E-state index in [2.05, 4.69) is 34.7 Å². The number of ether oxygens (including phenoxy) is 1. The molecule has 3 N–H and O–H groups in total. The Labute approximate surface area is 176 Å². The third-order valence-electron chi connectivity index (χ3n) is 4.82. The smallest absolute Gasteiger partial charge is 0.407 e. The van der Waals surface area contributed by atoms with Crippen molar-refractivity contribution in [3.8, 4) is 0 Å². The van der Waals surface area contributed by atoms with Crippen LogP contribution in [0, 0.1) is 5.92 Å². The van der Waals surface area contributed by atoms with E-state index in [0.29, 0.717) is 18.9 Å². The fourth-order valence-electron chi connectivity index (χ4n) is 3.37. The summed E-state index contributed by atoms with van der Waals surface area (Å²) in [6.07, 6.45) is 3.95. The number of likely N-dealkylation sites (tertiary alicyclic amines) is 1. The lowest BCUT2D eigenvalue weighted by Gasteiger charge is -2.34. The zero-order valence-electron chi connectivity index (χ0n) is 19.1. The first-order valence-electron chi connectivity index (χ1n) is 10.9. The first kappa shape index (κ1) is 25.0. The second-order valence-corrected chi connectivity index (χ2v) is 8.63. The number of carbonyl (C=O) groups excluding carboxylic acids is 2. The van der Waals surface area contributed by atoms with E-state index in [9.17, 15) is 9.59 Å². The summed E-state index contributed by atoms with van der Waals surface area (Å²) in [5.74, 6) is 1.41. The van der Waals surface area contributed by atoms with Crippen molar-refractivity contribution in [2.24, 2.45) is 10.9 Å². The Morgan fingerprint density at radius 1 is 1.21 bits per heavy atom. The molecule has 168 valence electrons. The van der Waals surface area contributed by atoms with E-state index in [0.717, 1.165) is 51.3 Å². The van der Waals surface area contributed by atoms with Crippen molar-refractivity contribution in [2.75, 3.05) is 33.2 Å². The van der Waals surface area contributed by atoms with Gasteiger partial charge in [0.25, 0.3) is 0 Å². The van der Waals surface area contributed by atoms with E-state index < -0.39 is 11.7 Å². The lowest BCUT2D eigenvalue weighted by Crippen LogP contribution is -2.47. The molecule has 29 heavy (non-hydrogen) atoms. The molecule has 1 heterocycles. The van der Waals surface area contributed by atoms with Gasteiger partial charge in [0.1, 0.15) is 5.60 Å². The Hall–Kier alpha value is -1.99. The molecule has 8 nitrogen and oxygen atoms in total. The number of piperidine rings is 1. The standard InChI is InChI=1S/C21H41N5O3/c1-7-9-17(25-20(28)29-21(3,4)5)15-24-19(23-8-2)26-12-10-16(11-13-26)14-18(27)22-6/h16-17H,7-15H2,1-6H3,(H,22,27)(H,23,24)(H,25,28). The quantitative estimate of drug-likeness (QED) is 0.421. The van der Waals surface area contributed by atoms with Crippen molar-refractivity contribution in [1.82, 2.24) is 20.9 Å². The molecule has 0 spiro atoms. The van der Waals surface area contributed by atoms with Crippen LogP contribution in [0.5, 0.6) is 0 Å². The molecule has 0 saturated carbocycles. The summed E-state index contributed by atoms with van der Waals surface area (Å²) in [6, 6.07) is -0.0608. The van der Waals surface area contributed by atoms with Gasteiger partial charge < -0.3 is 25.6 Å². The van der Waals surface area contributed by atoms with Crippen LogP contribution in [0.25, 0.3) is 0 Å². The highest BCUT2D eigenvalue weighted by atomic mass is 16.6. The number of nitrogens with zero attached hydrogens (tertiary/aromatic N) is 2. The van der Waals surface area contributed by atoms with Gasteiger partial charge in [0.15, 0.2) is 5.96 Å². The number of nitrogens with one attached hydrogen (secondary N) is 3. The SMILES string of the molecule is CCCC(CN=C(NCC)N1CCC(CC(=O)NC)CC1)NC(=O)OC(C)(C)C. The van der Waals surface area contributed by atoms with Gasteiger partial charge in [-0.3, -0.25) is 9.79 Å². The zero-order chi connectivity index (χ0) is 21.9. The Morgan fingerprint density at radius 3 is 2.38 bits per heavy atom. The van der Waals surface area contributed by atoms with E-state index >= 15 is 0 Å². The summed E-state index contributed by atoms with van der Waals surface area (Å²) < 4.78 is 5.38. The minimum absolute atomic E-state index is 0.0608. The molecule has 8 heteroatoms. The highest BCUT2D eigenvalue weighted by Gasteiger charge is 2.24. The second kappa shape index (κ2) is 12.5. The highest BCUT2D eigenvalue weighted by Crippen LogP contribution is 2.20. The Bertz CT molecular complexity index is 537. The lowest BCUT2D eigenvalue weighted by molar-refractivity contribution is -0.121. The molecule has 1 rings (SSSR count). The molecule has 0 aromatic heterocycles. The summed E-state index contributed by atoms with van der Waals surface area (Å²) in [5, 5.41) is 9.02. The Morgan fingerprint density at radius 2 is 1.86 bits per heavy atom. The highest BCUT2D eigenvalue weighted by molar-refractivity contribution is 5.80. The molecule has 0 aromatic rings. The topological polar surface area (TPSA) is 95.1 Å². The number of hydrogen-bond acceptors (Lipinski definition) is 4. The van der Waals surface area contributed by atoms with Gasteiger partial charge in [-0.2, -0.15) is 0 Å². The number of guanidine groups is 1. The summed E-state index contributed by atoms with van der Waals surface area (Å²) in [4.78, 5) is 30.8. The molecular formula is C21H41N5O3. The molecule has 1 aliphatic heterocycles. The van der Waals surface area contributed by atoms with Crippen LogP contribution < -0.4 is 16.0 Å². The maximum atomic E-state index is 12.1. The average Bonchev–Trinajstić information content (AvgIpc) is 2.64. The molecule has 1 aliphatic rings. The summed E-state index contributed by atoms with van der Waals surface area (Å²) in [7, 11) is 1.69. The molecule has 0 aromatic carbocycles. The largest absolute Gasteiger partial charge is 0.444 e. The van der Waals surface area contributed by atoms with Gasteiger partial charge in [0.2, 0.25) is 5.91 Å². The fraction of sp³-hybridized carbons (Fsp3) is 0.857. The summed E-state index contributed by atoms with van der Waals surface area (Å²) >= 11 is 0. The average molecular weight is 412 g/mol. The Balaban J connectivity index is 2.66. The molecule has 0 aliphatic carbocycles. The molecule has 1 atom stereocenters. The maximum absolute atomic E-state index is 12.1. The molecule has 0 bridgehead atoms. The van der Waals surface area contributed by atoms with Gasteiger partial charge in [0, 0.05) is 33.1 Å². The van der Waals surface area contributed by atoms with Crippen molar-refractivity contribution in [1.29, 1.82) is 0 Å². The van der Waals surface area contributed by atoms with E-state index in [1.807, 2.05) is 20.8 Å². The number of rotatable bonds is 8. The van der Waals surface area contributed by atoms with Gasteiger partial charge >= 0.3 is 6.09 Å². The Kier molecular flexibility index (Phi) is 10.8. The van der Waals surface area contributed by atoms with Crippen molar-refractivity contribution < 1.29 is 14.3 Å². The third-order valence-corrected chi connectivity index (χ3v) is 4.82. The molecule has 1 fully saturated rings. The van der Waals surface area contributed by atoms with Crippen LogP contribution in [0.4, 0.5) is 4.79 Å². The van der Waals surface area contributed by atoms with Gasteiger partial charge in [-0.25, -0.2) is 4.79 Å². The van der Waals surface area contributed by atoms with Gasteiger partial charge in [0.05, 0.1) is 12.6 Å². The summed E-state index contributed by atoms with van der Waals surface area (Å²) in [5.41, 5.74) is -0.516. The summed E-state index contributed by atoms with van der Waals surface area (Å²) in [6.45, 7) is 12.8. The predicted octanol–water partition coefficient (Wildman–Crippen LogP) is 2.49. The van der Waals surface area contributed by atoms with Crippen molar-refractivity contribution in [3.05, 3.63) is 0 Å². The molecule has 1 saturated heterocycles. The van der Waals surface area contributed by atoms with E-state index in [1.165, 1.54) is 0 Å².